The fourth-order valence-electron chi connectivity index (χ4n) is 2.78. The first-order valence-corrected chi connectivity index (χ1v) is 6.86. The SMILES string of the molecule is CC1C(=O)NC(=O)CN1C(=O)CC1CCC(N)CC1. The monoisotopic (exact) mass is 267 g/mol. The van der Waals surface area contributed by atoms with Gasteiger partial charge in [0.1, 0.15) is 12.6 Å². The van der Waals surface area contributed by atoms with Gasteiger partial charge in [-0.3, -0.25) is 19.7 Å². The first-order valence-electron chi connectivity index (χ1n) is 6.86. The van der Waals surface area contributed by atoms with Gasteiger partial charge in [-0.2, -0.15) is 0 Å². The number of carbonyl (C=O) groups is 3. The number of hydrogen-bond donors (Lipinski definition) is 2. The van der Waals surface area contributed by atoms with E-state index >= 15 is 0 Å². The molecule has 0 aromatic rings. The molecule has 6 nitrogen and oxygen atoms in total. The summed E-state index contributed by atoms with van der Waals surface area (Å²) in [5, 5.41) is 2.24. The Hall–Kier alpha value is -1.43. The van der Waals surface area contributed by atoms with Crippen LogP contribution in [-0.4, -0.2) is 41.2 Å². The summed E-state index contributed by atoms with van der Waals surface area (Å²) in [5.74, 6) is -0.562. The molecule has 3 N–H and O–H groups in total. The Morgan fingerprint density at radius 2 is 1.95 bits per heavy atom. The molecule has 19 heavy (non-hydrogen) atoms. The van der Waals surface area contributed by atoms with E-state index < -0.39 is 17.9 Å². The Bertz CT molecular complexity index is 389. The molecule has 0 aromatic carbocycles. The van der Waals surface area contributed by atoms with Gasteiger partial charge in [-0.25, -0.2) is 0 Å². The highest BCUT2D eigenvalue weighted by atomic mass is 16.2. The van der Waals surface area contributed by atoms with Gasteiger partial charge in [0.25, 0.3) is 0 Å². The van der Waals surface area contributed by atoms with Crippen LogP contribution in [0.4, 0.5) is 0 Å². The smallest absolute Gasteiger partial charge is 0.249 e. The molecule has 1 unspecified atom stereocenters. The van der Waals surface area contributed by atoms with Crippen LogP contribution >= 0.6 is 0 Å². The zero-order valence-electron chi connectivity index (χ0n) is 11.2. The van der Waals surface area contributed by atoms with Gasteiger partial charge in [0.15, 0.2) is 0 Å². The Kier molecular flexibility index (Phi) is 4.19. The van der Waals surface area contributed by atoms with E-state index in [1.807, 2.05) is 0 Å². The quantitative estimate of drug-likeness (QED) is 0.676. The van der Waals surface area contributed by atoms with Crippen LogP contribution in [0.5, 0.6) is 0 Å². The van der Waals surface area contributed by atoms with Gasteiger partial charge in [0.2, 0.25) is 17.7 Å². The molecule has 0 bridgehead atoms. The van der Waals surface area contributed by atoms with E-state index in [1.54, 1.807) is 6.92 Å². The summed E-state index contributed by atoms with van der Waals surface area (Å²) in [6.07, 6.45) is 4.22. The molecule has 1 atom stereocenters. The predicted octanol–water partition coefficient (Wildman–Crippen LogP) is -0.232. The lowest BCUT2D eigenvalue weighted by Crippen LogP contribution is -2.58. The summed E-state index contributed by atoms with van der Waals surface area (Å²) in [7, 11) is 0. The number of piperazine rings is 1. The summed E-state index contributed by atoms with van der Waals surface area (Å²) >= 11 is 0. The zero-order valence-corrected chi connectivity index (χ0v) is 11.2. The van der Waals surface area contributed by atoms with E-state index in [0.29, 0.717) is 12.3 Å². The van der Waals surface area contributed by atoms with E-state index in [4.69, 9.17) is 5.73 Å². The normalized spacial score (nSPS) is 32.1. The molecule has 0 spiro atoms. The second kappa shape index (κ2) is 5.69. The number of nitrogens with one attached hydrogen (secondary N) is 1. The molecule has 1 saturated heterocycles. The van der Waals surface area contributed by atoms with Gasteiger partial charge < -0.3 is 10.6 Å². The summed E-state index contributed by atoms with van der Waals surface area (Å²) in [4.78, 5) is 36.4. The molecule has 2 fully saturated rings. The lowest BCUT2D eigenvalue weighted by Gasteiger charge is -2.33. The maximum Gasteiger partial charge on any atom is 0.249 e. The molecule has 1 aliphatic heterocycles. The molecular formula is C13H21N3O3. The number of rotatable bonds is 2. The van der Waals surface area contributed by atoms with Crippen molar-refractivity contribution in [1.82, 2.24) is 10.2 Å². The highest BCUT2D eigenvalue weighted by Gasteiger charge is 2.34. The third kappa shape index (κ3) is 3.32. The second-order valence-electron chi connectivity index (χ2n) is 5.59. The Morgan fingerprint density at radius 3 is 2.58 bits per heavy atom. The van der Waals surface area contributed by atoms with Crippen molar-refractivity contribution in [2.45, 2.75) is 51.1 Å². The van der Waals surface area contributed by atoms with Crippen LogP contribution in [-0.2, 0) is 14.4 Å². The molecular weight excluding hydrogens is 246 g/mol. The largest absolute Gasteiger partial charge is 0.328 e. The summed E-state index contributed by atoms with van der Waals surface area (Å²) in [6, 6.07) is -0.302. The van der Waals surface area contributed by atoms with Crippen molar-refractivity contribution in [1.29, 1.82) is 0 Å². The Balaban J connectivity index is 1.91. The molecule has 0 radical (unpaired) electrons. The van der Waals surface area contributed by atoms with Crippen LogP contribution in [0.2, 0.25) is 0 Å². The third-order valence-corrected chi connectivity index (χ3v) is 4.10. The van der Waals surface area contributed by atoms with Crippen molar-refractivity contribution in [3.63, 3.8) is 0 Å². The summed E-state index contributed by atoms with van der Waals surface area (Å²) in [5.41, 5.74) is 5.84. The van der Waals surface area contributed by atoms with Gasteiger partial charge in [-0.1, -0.05) is 0 Å². The van der Waals surface area contributed by atoms with Crippen LogP contribution in [0.1, 0.15) is 39.0 Å². The average Bonchev–Trinajstić information content (AvgIpc) is 2.36. The summed E-state index contributed by atoms with van der Waals surface area (Å²) in [6.45, 7) is 1.63. The van der Waals surface area contributed by atoms with Gasteiger partial charge in [0.05, 0.1) is 0 Å². The van der Waals surface area contributed by atoms with Crippen molar-refractivity contribution < 1.29 is 14.4 Å². The molecule has 2 aliphatic rings. The second-order valence-corrected chi connectivity index (χ2v) is 5.59. The van der Waals surface area contributed by atoms with Crippen molar-refractivity contribution in [2.24, 2.45) is 11.7 Å². The summed E-state index contributed by atoms with van der Waals surface area (Å²) < 4.78 is 0. The van der Waals surface area contributed by atoms with Crippen molar-refractivity contribution >= 4 is 17.7 Å². The van der Waals surface area contributed by atoms with Crippen molar-refractivity contribution in [2.75, 3.05) is 6.54 Å². The molecule has 3 amide bonds. The predicted molar refractivity (Wildman–Crippen MR) is 68.9 cm³/mol. The van der Waals surface area contributed by atoms with Gasteiger partial charge in [0, 0.05) is 12.5 Å². The fourth-order valence-corrected chi connectivity index (χ4v) is 2.78. The van der Waals surface area contributed by atoms with Gasteiger partial charge >= 0.3 is 0 Å². The number of amides is 3. The lowest BCUT2D eigenvalue weighted by molar-refractivity contribution is -0.150. The Morgan fingerprint density at radius 1 is 1.32 bits per heavy atom. The molecule has 1 aliphatic carbocycles. The van der Waals surface area contributed by atoms with E-state index in [2.05, 4.69) is 5.32 Å². The van der Waals surface area contributed by atoms with E-state index in [9.17, 15) is 14.4 Å². The van der Waals surface area contributed by atoms with Crippen LogP contribution in [0.25, 0.3) is 0 Å². The Labute approximate surface area is 112 Å². The van der Waals surface area contributed by atoms with Gasteiger partial charge in [-0.15, -0.1) is 0 Å². The van der Waals surface area contributed by atoms with Gasteiger partial charge in [-0.05, 0) is 38.5 Å². The number of nitrogens with two attached hydrogens (primary N) is 1. The number of imide groups is 1. The number of hydrogen-bond acceptors (Lipinski definition) is 4. The molecule has 6 heteroatoms. The molecule has 0 aromatic heterocycles. The first kappa shape index (κ1) is 14.0. The lowest BCUT2D eigenvalue weighted by atomic mass is 9.84. The molecule has 1 saturated carbocycles. The van der Waals surface area contributed by atoms with Crippen LogP contribution in [0, 0.1) is 5.92 Å². The number of carbonyl (C=O) groups excluding carboxylic acids is 3. The minimum absolute atomic E-state index is 0.0159. The maximum atomic E-state index is 12.2. The van der Waals surface area contributed by atoms with Crippen molar-refractivity contribution in [3.8, 4) is 0 Å². The minimum atomic E-state index is -0.559. The molecule has 2 rings (SSSR count). The van der Waals surface area contributed by atoms with Crippen LogP contribution in [0.3, 0.4) is 0 Å². The first-order chi connectivity index (χ1) is 8.97. The third-order valence-electron chi connectivity index (χ3n) is 4.10. The van der Waals surface area contributed by atoms with Crippen molar-refractivity contribution in [3.05, 3.63) is 0 Å². The fraction of sp³-hybridized carbons (Fsp3) is 0.769. The average molecular weight is 267 g/mol. The number of nitrogens with zero attached hydrogens (tertiary/aromatic N) is 1. The van der Waals surface area contributed by atoms with Crippen LogP contribution < -0.4 is 11.1 Å². The van der Waals surface area contributed by atoms with E-state index in [0.717, 1.165) is 25.7 Å². The molecule has 1 heterocycles. The standard InChI is InChI=1S/C13H21N3O3/c1-8-13(19)15-11(17)7-16(8)12(18)6-9-2-4-10(14)5-3-9/h8-10H,2-7,14H2,1H3,(H,15,17,19). The maximum absolute atomic E-state index is 12.2. The highest BCUT2D eigenvalue weighted by Crippen LogP contribution is 2.26. The topological polar surface area (TPSA) is 92.5 Å². The van der Waals surface area contributed by atoms with Crippen LogP contribution in [0.15, 0.2) is 0 Å². The van der Waals surface area contributed by atoms with E-state index in [-0.39, 0.29) is 18.5 Å². The van der Waals surface area contributed by atoms with E-state index in [1.165, 1.54) is 4.90 Å². The highest BCUT2D eigenvalue weighted by molar-refractivity contribution is 6.04. The molecule has 106 valence electrons. The minimum Gasteiger partial charge on any atom is -0.328 e. The zero-order chi connectivity index (χ0) is 14.0.